The Bertz CT molecular complexity index is 598. The fraction of sp³-hybridized carbons (Fsp3) is 0.529. The highest BCUT2D eigenvalue weighted by molar-refractivity contribution is 5.80. The van der Waals surface area contributed by atoms with Crippen molar-refractivity contribution in [1.82, 2.24) is 9.88 Å². The molecule has 2 aromatic rings. The van der Waals surface area contributed by atoms with Gasteiger partial charge in [-0.25, -0.2) is 4.39 Å². The van der Waals surface area contributed by atoms with Crippen LogP contribution in [0.25, 0.3) is 10.9 Å². The predicted octanol–water partition coefficient (Wildman–Crippen LogP) is 3.56. The number of aromatic nitrogens is 1. The molecule has 0 bridgehead atoms. The molecule has 2 saturated carbocycles. The molecule has 2 fully saturated rings. The summed E-state index contributed by atoms with van der Waals surface area (Å²) in [7, 11) is 0. The first kappa shape index (κ1) is 12.4. The molecule has 1 aromatic heterocycles. The second kappa shape index (κ2) is 4.88. The summed E-state index contributed by atoms with van der Waals surface area (Å²) in [4.78, 5) is 0. The van der Waals surface area contributed by atoms with E-state index in [1.807, 2.05) is 12.1 Å². The van der Waals surface area contributed by atoms with Crippen LogP contribution in [-0.2, 0) is 6.54 Å². The van der Waals surface area contributed by atoms with Gasteiger partial charge in [-0.1, -0.05) is 0 Å². The molecule has 0 radical (unpaired) electrons. The summed E-state index contributed by atoms with van der Waals surface area (Å²) in [6.07, 6.45) is 7.73. The first-order chi connectivity index (χ1) is 9.81. The summed E-state index contributed by atoms with van der Waals surface area (Å²) in [6.45, 7) is 1.98. The number of rotatable bonds is 6. The van der Waals surface area contributed by atoms with Gasteiger partial charge in [0.15, 0.2) is 0 Å². The Kier molecular flexibility index (Phi) is 3.03. The lowest BCUT2D eigenvalue weighted by molar-refractivity contribution is 0.408. The van der Waals surface area contributed by atoms with Gasteiger partial charge in [-0.2, -0.15) is 0 Å². The van der Waals surface area contributed by atoms with Crippen molar-refractivity contribution in [3.8, 4) is 0 Å². The van der Waals surface area contributed by atoms with Crippen LogP contribution in [0.4, 0.5) is 4.39 Å². The number of hydrogen-bond acceptors (Lipinski definition) is 1. The first-order valence-corrected chi connectivity index (χ1v) is 7.79. The highest BCUT2D eigenvalue weighted by Crippen LogP contribution is 2.44. The van der Waals surface area contributed by atoms with Gasteiger partial charge in [0.05, 0.1) is 0 Å². The van der Waals surface area contributed by atoms with Gasteiger partial charge >= 0.3 is 0 Å². The topological polar surface area (TPSA) is 17.0 Å². The average Bonchev–Trinajstić information content (AvgIpc) is 3.33. The Labute approximate surface area is 119 Å². The zero-order valence-corrected chi connectivity index (χ0v) is 11.7. The van der Waals surface area contributed by atoms with Crippen molar-refractivity contribution in [1.29, 1.82) is 0 Å². The molecule has 20 heavy (non-hydrogen) atoms. The zero-order chi connectivity index (χ0) is 13.5. The van der Waals surface area contributed by atoms with E-state index in [4.69, 9.17) is 0 Å². The molecule has 2 aliphatic carbocycles. The number of halogens is 1. The third-order valence-corrected chi connectivity index (χ3v) is 4.73. The molecule has 4 rings (SSSR count). The molecule has 1 heterocycles. The lowest BCUT2D eigenvalue weighted by Gasteiger charge is -2.18. The Morgan fingerprint density at radius 1 is 1.15 bits per heavy atom. The minimum atomic E-state index is -0.157. The second-order valence-corrected chi connectivity index (χ2v) is 6.37. The number of hydrogen-bond donors (Lipinski definition) is 1. The van der Waals surface area contributed by atoms with E-state index in [1.54, 1.807) is 12.1 Å². The Hall–Kier alpha value is -1.35. The summed E-state index contributed by atoms with van der Waals surface area (Å²) in [5, 5.41) is 4.75. The second-order valence-electron chi connectivity index (χ2n) is 6.37. The number of benzene rings is 1. The van der Waals surface area contributed by atoms with Gasteiger partial charge in [-0.05, 0) is 61.8 Å². The first-order valence-electron chi connectivity index (χ1n) is 7.79. The molecule has 0 spiro atoms. The van der Waals surface area contributed by atoms with Gasteiger partial charge < -0.3 is 9.88 Å². The molecule has 106 valence electrons. The molecule has 0 aliphatic heterocycles. The van der Waals surface area contributed by atoms with Crippen molar-refractivity contribution >= 4 is 10.9 Å². The molecule has 3 heteroatoms. The average molecular weight is 272 g/mol. The largest absolute Gasteiger partial charge is 0.346 e. The fourth-order valence-corrected chi connectivity index (χ4v) is 3.35. The van der Waals surface area contributed by atoms with E-state index in [1.165, 1.54) is 25.7 Å². The summed E-state index contributed by atoms with van der Waals surface area (Å²) < 4.78 is 15.4. The van der Waals surface area contributed by atoms with Crippen molar-refractivity contribution in [3.63, 3.8) is 0 Å². The summed E-state index contributed by atoms with van der Waals surface area (Å²) >= 11 is 0. The lowest BCUT2D eigenvalue weighted by Crippen LogP contribution is -2.35. The van der Waals surface area contributed by atoms with Gasteiger partial charge in [0.25, 0.3) is 0 Å². The third kappa shape index (κ3) is 2.47. The number of nitrogens with zero attached hydrogens (tertiary/aromatic N) is 1. The summed E-state index contributed by atoms with van der Waals surface area (Å²) in [6, 6.07) is 7.79. The third-order valence-electron chi connectivity index (χ3n) is 4.73. The highest BCUT2D eigenvalue weighted by Gasteiger charge is 2.40. The maximum atomic E-state index is 13.2. The highest BCUT2D eigenvalue weighted by atomic mass is 19.1. The fourth-order valence-electron chi connectivity index (χ4n) is 3.35. The smallest absolute Gasteiger partial charge is 0.123 e. The molecule has 0 amide bonds. The van der Waals surface area contributed by atoms with Crippen LogP contribution >= 0.6 is 0 Å². The molecule has 1 N–H and O–H groups in total. The van der Waals surface area contributed by atoms with Crippen molar-refractivity contribution in [3.05, 3.63) is 36.3 Å². The predicted molar refractivity (Wildman–Crippen MR) is 79.1 cm³/mol. The lowest BCUT2D eigenvalue weighted by atomic mass is 10.1. The van der Waals surface area contributed by atoms with Gasteiger partial charge in [-0.15, -0.1) is 0 Å². The Balaban J connectivity index is 1.40. The molecule has 1 aromatic carbocycles. The number of fused-ring (bicyclic) bond motifs is 1. The van der Waals surface area contributed by atoms with Crippen molar-refractivity contribution in [2.24, 2.45) is 11.8 Å². The van der Waals surface area contributed by atoms with Crippen LogP contribution in [0.3, 0.4) is 0 Å². The van der Waals surface area contributed by atoms with Gasteiger partial charge in [-0.3, -0.25) is 0 Å². The van der Waals surface area contributed by atoms with Crippen LogP contribution in [0.15, 0.2) is 30.5 Å². The molecular weight excluding hydrogens is 251 g/mol. The summed E-state index contributed by atoms with van der Waals surface area (Å²) in [5.41, 5.74) is 1.13. The quantitative estimate of drug-likeness (QED) is 0.851. The van der Waals surface area contributed by atoms with E-state index < -0.39 is 0 Å². The molecule has 2 nitrogen and oxygen atoms in total. The van der Waals surface area contributed by atoms with E-state index in [2.05, 4.69) is 16.1 Å². The SMILES string of the molecule is Fc1ccc2c(ccn2CCNC(C2CC2)C2CC2)c1. The van der Waals surface area contributed by atoms with Gasteiger partial charge in [0.2, 0.25) is 0 Å². The van der Waals surface area contributed by atoms with E-state index in [9.17, 15) is 4.39 Å². The van der Waals surface area contributed by atoms with Crippen molar-refractivity contribution in [2.45, 2.75) is 38.3 Å². The van der Waals surface area contributed by atoms with E-state index in [0.29, 0.717) is 0 Å². The van der Waals surface area contributed by atoms with Gasteiger partial charge in [0, 0.05) is 36.2 Å². The molecule has 0 saturated heterocycles. The maximum absolute atomic E-state index is 13.2. The van der Waals surface area contributed by atoms with Crippen LogP contribution in [-0.4, -0.2) is 17.2 Å². The van der Waals surface area contributed by atoms with E-state index >= 15 is 0 Å². The normalized spacial score (nSPS) is 19.1. The minimum absolute atomic E-state index is 0.157. The monoisotopic (exact) mass is 272 g/mol. The molecular formula is C17H21FN2. The van der Waals surface area contributed by atoms with Gasteiger partial charge in [0.1, 0.15) is 5.82 Å². The molecule has 0 atom stereocenters. The zero-order valence-electron chi connectivity index (χ0n) is 11.7. The van der Waals surface area contributed by atoms with Crippen LogP contribution < -0.4 is 5.32 Å². The summed E-state index contributed by atoms with van der Waals surface area (Å²) in [5.74, 6) is 1.73. The Morgan fingerprint density at radius 3 is 2.60 bits per heavy atom. The van der Waals surface area contributed by atoms with Crippen LogP contribution in [0.1, 0.15) is 25.7 Å². The van der Waals surface area contributed by atoms with Crippen molar-refractivity contribution < 1.29 is 4.39 Å². The minimum Gasteiger partial charge on any atom is -0.346 e. The van der Waals surface area contributed by atoms with Crippen molar-refractivity contribution in [2.75, 3.05) is 6.54 Å². The Morgan fingerprint density at radius 2 is 1.90 bits per heavy atom. The van der Waals surface area contributed by atoms with E-state index in [0.717, 1.165) is 41.9 Å². The molecule has 0 unspecified atom stereocenters. The van der Waals surface area contributed by atoms with Crippen LogP contribution in [0, 0.1) is 17.7 Å². The number of nitrogens with one attached hydrogen (secondary N) is 1. The maximum Gasteiger partial charge on any atom is 0.123 e. The van der Waals surface area contributed by atoms with Crippen LogP contribution in [0.2, 0.25) is 0 Å². The molecule has 2 aliphatic rings. The standard InChI is InChI=1S/C17H21FN2/c18-15-5-6-16-14(11-15)7-9-20(16)10-8-19-17(12-1-2-12)13-3-4-13/h5-7,9,11-13,17,19H,1-4,8,10H2. The van der Waals surface area contributed by atoms with E-state index in [-0.39, 0.29) is 5.82 Å². The van der Waals surface area contributed by atoms with Crippen LogP contribution in [0.5, 0.6) is 0 Å².